The van der Waals surface area contributed by atoms with Crippen LogP contribution in [0.3, 0.4) is 0 Å². The van der Waals surface area contributed by atoms with Crippen LogP contribution < -0.4 is 9.64 Å². The van der Waals surface area contributed by atoms with E-state index in [1.165, 1.54) is 0 Å². The standard InChI is InChI=1S/C24H29N3O3/c1-18(23-16-19-8-4-6-10-21(19)30-23)25(2)24(28)17-26-12-14-27(15-13-26)20-9-5-7-11-22(20)29-3/h4-11,16,18H,12-15,17H2,1-3H3. The summed E-state index contributed by atoms with van der Waals surface area (Å²) in [6.07, 6.45) is 0. The molecule has 0 N–H and O–H groups in total. The summed E-state index contributed by atoms with van der Waals surface area (Å²) in [5.74, 6) is 1.81. The minimum atomic E-state index is -0.111. The van der Waals surface area contributed by atoms with E-state index in [0.29, 0.717) is 6.54 Å². The zero-order valence-electron chi connectivity index (χ0n) is 17.9. The number of methoxy groups -OCH3 is 1. The van der Waals surface area contributed by atoms with Crippen molar-refractivity contribution in [2.45, 2.75) is 13.0 Å². The van der Waals surface area contributed by atoms with E-state index in [-0.39, 0.29) is 11.9 Å². The molecule has 2 heterocycles. The molecule has 0 saturated carbocycles. The predicted molar refractivity (Wildman–Crippen MR) is 119 cm³/mol. The molecule has 1 aromatic heterocycles. The Kier molecular flexibility index (Phi) is 5.95. The number of amides is 1. The maximum atomic E-state index is 12.9. The number of furan rings is 1. The summed E-state index contributed by atoms with van der Waals surface area (Å²) in [6.45, 7) is 5.86. The predicted octanol–water partition coefficient (Wildman–Crippen LogP) is 3.78. The first-order chi connectivity index (χ1) is 14.6. The molecule has 1 amide bonds. The van der Waals surface area contributed by atoms with E-state index in [1.54, 1.807) is 12.0 Å². The number of fused-ring (bicyclic) bond motifs is 1. The number of para-hydroxylation sites is 3. The van der Waals surface area contributed by atoms with Gasteiger partial charge in [0.25, 0.3) is 0 Å². The maximum Gasteiger partial charge on any atom is 0.237 e. The van der Waals surface area contributed by atoms with Crippen LogP contribution >= 0.6 is 0 Å². The molecule has 1 fully saturated rings. The van der Waals surface area contributed by atoms with Gasteiger partial charge in [0.1, 0.15) is 17.1 Å². The van der Waals surface area contributed by atoms with Gasteiger partial charge in [-0.15, -0.1) is 0 Å². The molecule has 1 saturated heterocycles. The van der Waals surface area contributed by atoms with Gasteiger partial charge in [0, 0.05) is 38.6 Å². The van der Waals surface area contributed by atoms with Crippen LogP contribution in [0.1, 0.15) is 18.7 Å². The van der Waals surface area contributed by atoms with Crippen LogP contribution in [-0.2, 0) is 4.79 Å². The van der Waals surface area contributed by atoms with Crippen molar-refractivity contribution in [3.63, 3.8) is 0 Å². The molecule has 158 valence electrons. The van der Waals surface area contributed by atoms with Crippen molar-refractivity contribution < 1.29 is 13.9 Å². The molecule has 1 unspecified atom stereocenters. The van der Waals surface area contributed by atoms with Gasteiger partial charge >= 0.3 is 0 Å². The summed E-state index contributed by atoms with van der Waals surface area (Å²) in [7, 11) is 3.55. The van der Waals surface area contributed by atoms with Gasteiger partial charge in [-0.2, -0.15) is 0 Å². The van der Waals surface area contributed by atoms with Gasteiger partial charge in [-0.3, -0.25) is 9.69 Å². The monoisotopic (exact) mass is 407 g/mol. The van der Waals surface area contributed by atoms with Gasteiger partial charge in [0.05, 0.1) is 25.4 Å². The van der Waals surface area contributed by atoms with Crippen molar-refractivity contribution in [1.29, 1.82) is 0 Å². The minimum Gasteiger partial charge on any atom is -0.495 e. The van der Waals surface area contributed by atoms with Crippen LogP contribution in [0.2, 0.25) is 0 Å². The topological polar surface area (TPSA) is 49.2 Å². The van der Waals surface area contributed by atoms with E-state index in [4.69, 9.17) is 9.15 Å². The Balaban J connectivity index is 1.34. The lowest BCUT2D eigenvalue weighted by atomic mass is 10.2. The largest absolute Gasteiger partial charge is 0.495 e. The zero-order valence-corrected chi connectivity index (χ0v) is 17.9. The molecule has 3 aromatic rings. The summed E-state index contributed by atoms with van der Waals surface area (Å²) < 4.78 is 11.4. The third kappa shape index (κ3) is 4.14. The molecule has 2 aromatic carbocycles. The highest BCUT2D eigenvalue weighted by molar-refractivity contribution is 5.80. The van der Waals surface area contributed by atoms with E-state index in [0.717, 1.165) is 54.3 Å². The molecule has 1 atom stereocenters. The average Bonchev–Trinajstić information content (AvgIpc) is 3.23. The normalized spacial score (nSPS) is 15.9. The van der Waals surface area contributed by atoms with E-state index in [9.17, 15) is 4.79 Å². The lowest BCUT2D eigenvalue weighted by Crippen LogP contribution is -2.50. The van der Waals surface area contributed by atoms with Crippen molar-refractivity contribution in [2.24, 2.45) is 0 Å². The Bertz CT molecular complexity index is 975. The number of anilines is 1. The summed E-state index contributed by atoms with van der Waals surface area (Å²) in [5.41, 5.74) is 1.97. The summed E-state index contributed by atoms with van der Waals surface area (Å²) in [5, 5.41) is 1.06. The van der Waals surface area contributed by atoms with Crippen LogP contribution in [0.15, 0.2) is 59.0 Å². The van der Waals surface area contributed by atoms with E-state index in [1.807, 2.05) is 62.5 Å². The third-order valence-electron chi connectivity index (χ3n) is 5.99. The zero-order chi connectivity index (χ0) is 21.1. The first-order valence-corrected chi connectivity index (χ1v) is 10.4. The number of rotatable bonds is 6. The molecule has 0 radical (unpaired) electrons. The Morgan fingerprint density at radius 1 is 1.10 bits per heavy atom. The van der Waals surface area contributed by atoms with Gasteiger partial charge in [0.2, 0.25) is 5.91 Å². The van der Waals surface area contributed by atoms with Crippen molar-refractivity contribution in [2.75, 3.05) is 51.8 Å². The molecule has 6 heteroatoms. The summed E-state index contributed by atoms with van der Waals surface area (Å²) in [4.78, 5) is 19.2. The SMILES string of the molecule is COc1ccccc1N1CCN(CC(=O)N(C)C(C)c2cc3ccccc3o2)CC1. The molecule has 30 heavy (non-hydrogen) atoms. The molecule has 1 aliphatic rings. The van der Waals surface area contributed by atoms with Gasteiger partial charge in [-0.25, -0.2) is 0 Å². The number of carbonyl (C=O) groups is 1. The minimum absolute atomic E-state index is 0.105. The fourth-order valence-electron chi connectivity index (χ4n) is 3.96. The van der Waals surface area contributed by atoms with Crippen LogP contribution in [0.5, 0.6) is 5.75 Å². The second-order valence-corrected chi connectivity index (χ2v) is 7.80. The number of nitrogens with zero attached hydrogens (tertiary/aromatic N) is 3. The van der Waals surface area contributed by atoms with E-state index in [2.05, 4.69) is 15.9 Å². The molecule has 0 bridgehead atoms. The van der Waals surface area contributed by atoms with Gasteiger partial charge in [0.15, 0.2) is 0 Å². The molecular formula is C24H29N3O3. The molecule has 6 nitrogen and oxygen atoms in total. The van der Waals surface area contributed by atoms with Crippen LogP contribution in [-0.4, -0.2) is 62.6 Å². The Labute approximate surface area is 177 Å². The smallest absolute Gasteiger partial charge is 0.237 e. The van der Waals surface area contributed by atoms with E-state index >= 15 is 0 Å². The fraction of sp³-hybridized carbons (Fsp3) is 0.375. The third-order valence-corrected chi connectivity index (χ3v) is 5.99. The van der Waals surface area contributed by atoms with Crippen LogP contribution in [0.4, 0.5) is 5.69 Å². The fourth-order valence-corrected chi connectivity index (χ4v) is 3.96. The highest BCUT2D eigenvalue weighted by atomic mass is 16.5. The second kappa shape index (κ2) is 8.79. The number of ether oxygens (including phenoxy) is 1. The first kappa shape index (κ1) is 20.3. The molecule has 0 spiro atoms. The Hall–Kier alpha value is -2.99. The number of likely N-dealkylation sites (N-methyl/N-ethyl adjacent to an activating group) is 1. The number of hydrogen-bond acceptors (Lipinski definition) is 5. The highest BCUT2D eigenvalue weighted by Crippen LogP contribution is 2.29. The summed E-state index contributed by atoms with van der Waals surface area (Å²) >= 11 is 0. The summed E-state index contributed by atoms with van der Waals surface area (Å²) in [6, 6.07) is 17.9. The first-order valence-electron chi connectivity index (χ1n) is 10.4. The van der Waals surface area contributed by atoms with Crippen molar-refractivity contribution >= 4 is 22.6 Å². The lowest BCUT2D eigenvalue weighted by molar-refractivity contribution is -0.133. The quantitative estimate of drug-likeness (QED) is 0.622. The molecule has 1 aliphatic heterocycles. The molecular weight excluding hydrogens is 378 g/mol. The van der Waals surface area contributed by atoms with E-state index < -0.39 is 0 Å². The Morgan fingerprint density at radius 3 is 2.53 bits per heavy atom. The van der Waals surface area contributed by atoms with Crippen LogP contribution in [0, 0.1) is 0 Å². The van der Waals surface area contributed by atoms with Crippen molar-refractivity contribution in [1.82, 2.24) is 9.80 Å². The second-order valence-electron chi connectivity index (χ2n) is 7.80. The lowest BCUT2D eigenvalue weighted by Gasteiger charge is -2.37. The number of carbonyl (C=O) groups excluding carboxylic acids is 1. The maximum absolute atomic E-state index is 12.9. The Morgan fingerprint density at radius 2 is 1.80 bits per heavy atom. The molecule has 0 aliphatic carbocycles. The molecule has 4 rings (SSSR count). The number of benzene rings is 2. The van der Waals surface area contributed by atoms with Crippen LogP contribution in [0.25, 0.3) is 11.0 Å². The van der Waals surface area contributed by atoms with Gasteiger partial charge in [-0.05, 0) is 31.2 Å². The number of hydrogen-bond donors (Lipinski definition) is 0. The van der Waals surface area contributed by atoms with Crippen molar-refractivity contribution in [3.05, 3.63) is 60.4 Å². The highest BCUT2D eigenvalue weighted by Gasteiger charge is 2.25. The average molecular weight is 408 g/mol. The van der Waals surface area contributed by atoms with Crippen molar-refractivity contribution in [3.8, 4) is 5.75 Å². The number of piperazine rings is 1. The van der Waals surface area contributed by atoms with Gasteiger partial charge < -0.3 is 19.0 Å². The van der Waals surface area contributed by atoms with Gasteiger partial charge in [-0.1, -0.05) is 30.3 Å².